The minimum Gasteiger partial charge on any atom is -0.235 e. The number of rotatable bonds is 4. The Morgan fingerprint density at radius 1 is 1.25 bits per heavy atom. The smallest absolute Gasteiger partial charge is 0.147 e. The Morgan fingerprint density at radius 2 is 1.95 bits per heavy atom. The van der Waals surface area contributed by atoms with Crippen LogP contribution in [0.1, 0.15) is 35.8 Å². The number of aryl methyl sites for hydroxylation is 1. The third-order valence-corrected chi connectivity index (χ3v) is 5.53. The lowest BCUT2D eigenvalue weighted by atomic mass is 10.2. The minimum atomic E-state index is 0.529. The molecule has 2 aromatic rings. The maximum atomic E-state index is 6.19. The number of benzene rings is 1. The van der Waals surface area contributed by atoms with Gasteiger partial charge in [0.2, 0.25) is 0 Å². The van der Waals surface area contributed by atoms with E-state index in [2.05, 4.69) is 57.1 Å². The van der Waals surface area contributed by atoms with Gasteiger partial charge >= 0.3 is 0 Å². The van der Waals surface area contributed by atoms with Gasteiger partial charge in [-0.25, -0.2) is 9.97 Å². The highest BCUT2D eigenvalue weighted by Gasteiger charge is 2.29. The molecule has 0 radical (unpaired) electrons. The van der Waals surface area contributed by atoms with Gasteiger partial charge in [-0.05, 0) is 47.8 Å². The molecule has 1 aliphatic rings. The molecule has 0 amide bonds. The average molecular weight is 370 g/mol. The zero-order valence-corrected chi connectivity index (χ0v) is 14.2. The Kier molecular flexibility index (Phi) is 4.34. The maximum absolute atomic E-state index is 6.19. The maximum Gasteiger partial charge on any atom is 0.147 e. The van der Waals surface area contributed by atoms with Gasteiger partial charge in [0.15, 0.2) is 0 Å². The first-order valence-corrected chi connectivity index (χ1v) is 8.70. The van der Waals surface area contributed by atoms with Crippen molar-refractivity contribution in [1.82, 2.24) is 9.97 Å². The molecule has 20 heavy (non-hydrogen) atoms. The summed E-state index contributed by atoms with van der Waals surface area (Å²) in [7, 11) is 0. The van der Waals surface area contributed by atoms with E-state index in [4.69, 9.17) is 11.6 Å². The zero-order valence-electron chi connectivity index (χ0n) is 11.1. The molecule has 1 fully saturated rings. The Labute approximate surface area is 136 Å². The fourth-order valence-electron chi connectivity index (χ4n) is 1.96. The van der Waals surface area contributed by atoms with Crippen LogP contribution in [0.4, 0.5) is 0 Å². The van der Waals surface area contributed by atoms with Gasteiger partial charge in [-0.2, -0.15) is 0 Å². The molecule has 104 valence electrons. The summed E-state index contributed by atoms with van der Waals surface area (Å²) < 4.78 is 0.866. The standard InChI is InChI=1S/C15H14BrClN2S/c1-9-2-6-11(7-3-9)20-8-12-18-14(10-4-5-10)13(16)15(17)19-12/h2-3,6-7,10H,4-5,8H2,1H3. The van der Waals surface area contributed by atoms with E-state index >= 15 is 0 Å². The second kappa shape index (κ2) is 6.04. The van der Waals surface area contributed by atoms with Crippen LogP contribution in [0.5, 0.6) is 0 Å². The third-order valence-electron chi connectivity index (χ3n) is 3.24. The second-order valence-corrected chi connectivity index (χ2v) is 7.21. The summed E-state index contributed by atoms with van der Waals surface area (Å²) >= 11 is 11.4. The van der Waals surface area contributed by atoms with Crippen molar-refractivity contribution in [3.05, 3.63) is 51.0 Å². The van der Waals surface area contributed by atoms with Crippen molar-refractivity contribution in [2.75, 3.05) is 0 Å². The van der Waals surface area contributed by atoms with Crippen LogP contribution in [0.15, 0.2) is 33.6 Å². The van der Waals surface area contributed by atoms with Gasteiger partial charge in [0.05, 0.1) is 15.9 Å². The molecule has 0 aliphatic heterocycles. The Morgan fingerprint density at radius 3 is 2.60 bits per heavy atom. The molecular weight excluding hydrogens is 356 g/mol. The van der Waals surface area contributed by atoms with Crippen LogP contribution in [-0.2, 0) is 5.75 Å². The molecule has 3 rings (SSSR count). The second-order valence-electron chi connectivity index (χ2n) is 5.01. The number of thioether (sulfide) groups is 1. The summed E-state index contributed by atoms with van der Waals surface area (Å²) in [5, 5.41) is 0.529. The highest BCUT2D eigenvalue weighted by atomic mass is 79.9. The molecule has 1 aromatic heterocycles. The van der Waals surface area contributed by atoms with Crippen LogP contribution in [0, 0.1) is 6.92 Å². The molecule has 5 heteroatoms. The fourth-order valence-corrected chi connectivity index (χ4v) is 3.40. The molecule has 1 aromatic carbocycles. The van der Waals surface area contributed by atoms with Gasteiger partial charge < -0.3 is 0 Å². The fraction of sp³-hybridized carbons (Fsp3) is 0.333. The van der Waals surface area contributed by atoms with Crippen LogP contribution in [0.25, 0.3) is 0 Å². The van der Waals surface area contributed by atoms with Crippen molar-refractivity contribution in [3.63, 3.8) is 0 Å². The molecule has 2 nitrogen and oxygen atoms in total. The molecule has 0 bridgehead atoms. The normalized spacial score (nSPS) is 14.6. The lowest BCUT2D eigenvalue weighted by Crippen LogP contribution is -1.99. The van der Waals surface area contributed by atoms with E-state index < -0.39 is 0 Å². The largest absolute Gasteiger partial charge is 0.235 e. The Balaban J connectivity index is 1.75. The SMILES string of the molecule is Cc1ccc(SCc2nc(Cl)c(Br)c(C3CC3)n2)cc1. The number of aromatic nitrogens is 2. The van der Waals surface area contributed by atoms with Crippen LogP contribution in [0.3, 0.4) is 0 Å². The van der Waals surface area contributed by atoms with E-state index in [-0.39, 0.29) is 0 Å². The van der Waals surface area contributed by atoms with Crippen LogP contribution in [0.2, 0.25) is 5.15 Å². The van der Waals surface area contributed by atoms with Gasteiger partial charge in [0.1, 0.15) is 11.0 Å². The van der Waals surface area contributed by atoms with E-state index in [1.165, 1.54) is 23.3 Å². The number of nitrogens with zero attached hydrogens (tertiary/aromatic N) is 2. The molecule has 1 heterocycles. The Hall–Kier alpha value is -0.580. The van der Waals surface area contributed by atoms with E-state index in [0.717, 1.165) is 21.7 Å². The van der Waals surface area contributed by atoms with E-state index in [1.807, 2.05) is 0 Å². The summed E-state index contributed by atoms with van der Waals surface area (Å²) in [6.45, 7) is 2.09. The lowest BCUT2D eigenvalue weighted by molar-refractivity contribution is 0.920. The molecule has 0 unspecified atom stereocenters. The summed E-state index contributed by atoms with van der Waals surface area (Å²) in [4.78, 5) is 10.3. The molecule has 0 saturated heterocycles. The van der Waals surface area contributed by atoms with Crippen molar-refractivity contribution >= 4 is 39.3 Å². The number of hydrogen-bond acceptors (Lipinski definition) is 3. The molecule has 0 atom stereocenters. The first kappa shape index (κ1) is 14.4. The molecular formula is C15H14BrClN2S. The monoisotopic (exact) mass is 368 g/mol. The summed E-state index contributed by atoms with van der Waals surface area (Å²) in [5.41, 5.74) is 2.35. The van der Waals surface area contributed by atoms with Crippen LogP contribution >= 0.6 is 39.3 Å². The van der Waals surface area contributed by atoms with Crippen LogP contribution < -0.4 is 0 Å². The molecule has 1 aliphatic carbocycles. The van der Waals surface area contributed by atoms with E-state index in [1.54, 1.807) is 11.8 Å². The van der Waals surface area contributed by atoms with E-state index in [9.17, 15) is 0 Å². The molecule has 1 saturated carbocycles. The zero-order chi connectivity index (χ0) is 14.1. The number of halogens is 2. The van der Waals surface area contributed by atoms with Crippen molar-refractivity contribution in [2.24, 2.45) is 0 Å². The first-order valence-electron chi connectivity index (χ1n) is 6.55. The average Bonchev–Trinajstić information content (AvgIpc) is 3.26. The Bertz CT molecular complexity index is 627. The van der Waals surface area contributed by atoms with Gasteiger partial charge in [0, 0.05) is 10.8 Å². The van der Waals surface area contributed by atoms with Crippen molar-refractivity contribution in [2.45, 2.75) is 36.3 Å². The lowest BCUT2D eigenvalue weighted by Gasteiger charge is -2.07. The highest BCUT2D eigenvalue weighted by molar-refractivity contribution is 9.10. The summed E-state index contributed by atoms with van der Waals surface area (Å²) in [6.07, 6.45) is 2.41. The summed E-state index contributed by atoms with van der Waals surface area (Å²) in [5.74, 6) is 2.12. The highest BCUT2D eigenvalue weighted by Crippen LogP contribution is 2.43. The topological polar surface area (TPSA) is 25.8 Å². The van der Waals surface area contributed by atoms with Crippen molar-refractivity contribution < 1.29 is 0 Å². The molecule has 0 spiro atoms. The van der Waals surface area contributed by atoms with Gasteiger partial charge in [-0.15, -0.1) is 11.8 Å². The molecule has 0 N–H and O–H groups in total. The quantitative estimate of drug-likeness (QED) is 0.535. The van der Waals surface area contributed by atoms with E-state index in [0.29, 0.717) is 11.1 Å². The third kappa shape index (κ3) is 3.35. The van der Waals surface area contributed by atoms with Crippen molar-refractivity contribution in [3.8, 4) is 0 Å². The number of hydrogen-bond donors (Lipinski definition) is 0. The van der Waals surface area contributed by atoms with Crippen molar-refractivity contribution in [1.29, 1.82) is 0 Å². The summed E-state index contributed by atoms with van der Waals surface area (Å²) in [6, 6.07) is 8.49. The van der Waals surface area contributed by atoms with Gasteiger partial charge in [-0.3, -0.25) is 0 Å². The first-order chi connectivity index (χ1) is 9.63. The van der Waals surface area contributed by atoms with Gasteiger partial charge in [0.25, 0.3) is 0 Å². The predicted molar refractivity (Wildman–Crippen MR) is 87.5 cm³/mol. The van der Waals surface area contributed by atoms with Crippen LogP contribution in [-0.4, -0.2) is 9.97 Å². The predicted octanol–water partition coefficient (Wildman–Crippen LogP) is 5.37. The van der Waals surface area contributed by atoms with Gasteiger partial charge in [-0.1, -0.05) is 29.3 Å². The minimum absolute atomic E-state index is 0.529.